The fourth-order valence-electron chi connectivity index (χ4n) is 1.04. The van der Waals surface area contributed by atoms with Gasteiger partial charge in [-0.25, -0.2) is 0 Å². The highest BCUT2D eigenvalue weighted by atomic mass is 79.9. The van der Waals surface area contributed by atoms with E-state index in [9.17, 15) is 9.59 Å². The van der Waals surface area contributed by atoms with E-state index in [0.29, 0.717) is 10.6 Å². The van der Waals surface area contributed by atoms with Gasteiger partial charge in [-0.3, -0.25) is 9.59 Å². The van der Waals surface area contributed by atoms with Gasteiger partial charge >= 0.3 is 5.97 Å². The normalized spacial score (nSPS) is 12.1. The largest absolute Gasteiger partial charge is 0.481 e. The number of benzene rings is 1. The molecule has 1 aromatic carbocycles. The Bertz CT molecular complexity index is 375. The van der Waals surface area contributed by atoms with Crippen molar-refractivity contribution in [2.45, 2.75) is 11.2 Å². The van der Waals surface area contributed by atoms with Gasteiger partial charge in [0.05, 0.1) is 11.2 Å². The first kappa shape index (κ1) is 12.2. The fraction of sp³-hybridized carbons (Fsp3) is 0.200. The number of rotatable bonds is 4. The highest BCUT2D eigenvalue weighted by Crippen LogP contribution is 2.16. The number of Topliss-reactive ketones (excluding diaryl/α,β-unsaturated/α-hetero) is 1. The summed E-state index contributed by atoms with van der Waals surface area (Å²) in [6.07, 6.45) is -0.235. The summed E-state index contributed by atoms with van der Waals surface area (Å²) in [5, 5.41) is 9.06. The van der Waals surface area contributed by atoms with Crippen LogP contribution in [0, 0.1) is 0 Å². The lowest BCUT2D eigenvalue weighted by atomic mass is 10.1. The van der Waals surface area contributed by atoms with E-state index >= 15 is 0 Å². The number of carbonyl (C=O) groups is 2. The first-order valence-corrected chi connectivity index (χ1v) is 5.45. The summed E-state index contributed by atoms with van der Waals surface area (Å²) in [4.78, 5) is 21.3. The summed E-state index contributed by atoms with van der Waals surface area (Å²) in [6.45, 7) is 0. The number of aliphatic carboxylic acids is 1. The number of carboxylic acids is 1. The Morgan fingerprint density at radius 3 is 2.33 bits per heavy atom. The summed E-state index contributed by atoms with van der Waals surface area (Å²) in [5.41, 5.74) is 0.447. The van der Waals surface area contributed by atoms with Gasteiger partial charge in [-0.1, -0.05) is 27.5 Å². The van der Waals surface area contributed by atoms with Crippen LogP contribution in [0.15, 0.2) is 24.3 Å². The fourth-order valence-corrected chi connectivity index (χ4v) is 1.71. The molecule has 0 saturated carbocycles. The van der Waals surface area contributed by atoms with Crippen LogP contribution in [0.4, 0.5) is 0 Å². The van der Waals surface area contributed by atoms with E-state index in [-0.39, 0.29) is 12.2 Å². The average molecular weight is 292 g/mol. The van der Waals surface area contributed by atoms with Gasteiger partial charge in [-0.15, -0.1) is 0 Å². The molecule has 0 aliphatic carbocycles. The molecule has 0 radical (unpaired) electrons. The Hall–Kier alpha value is -0.870. The van der Waals surface area contributed by atoms with Crippen molar-refractivity contribution in [1.29, 1.82) is 0 Å². The Kier molecular flexibility index (Phi) is 4.29. The van der Waals surface area contributed by atoms with Crippen LogP contribution >= 0.6 is 27.5 Å². The molecule has 1 aromatic rings. The number of halogens is 2. The van der Waals surface area contributed by atoms with E-state index < -0.39 is 10.8 Å². The minimum Gasteiger partial charge on any atom is -0.481 e. The molecule has 0 amide bonds. The minimum atomic E-state index is -1.01. The smallest absolute Gasteiger partial charge is 0.304 e. The van der Waals surface area contributed by atoms with E-state index in [2.05, 4.69) is 15.9 Å². The average Bonchev–Trinajstić information content (AvgIpc) is 2.17. The summed E-state index contributed by atoms with van der Waals surface area (Å²) in [6, 6.07) is 6.33. The van der Waals surface area contributed by atoms with Gasteiger partial charge in [-0.05, 0) is 24.3 Å². The maximum Gasteiger partial charge on any atom is 0.304 e. The quantitative estimate of drug-likeness (QED) is 0.685. The topological polar surface area (TPSA) is 54.4 Å². The Morgan fingerprint density at radius 2 is 1.87 bits per heavy atom. The van der Waals surface area contributed by atoms with Crippen molar-refractivity contribution in [3.63, 3.8) is 0 Å². The monoisotopic (exact) mass is 290 g/mol. The maximum absolute atomic E-state index is 11.6. The Balaban J connectivity index is 2.76. The number of ketones is 1. The molecule has 1 N–H and O–H groups in total. The third-order valence-corrected chi connectivity index (χ3v) is 2.76. The van der Waals surface area contributed by atoms with Gasteiger partial charge in [0.25, 0.3) is 0 Å². The van der Waals surface area contributed by atoms with Gasteiger partial charge in [0.1, 0.15) is 0 Å². The first-order chi connectivity index (χ1) is 7.00. The number of hydrogen-bond donors (Lipinski definition) is 1. The molecular weight excluding hydrogens is 283 g/mol. The van der Waals surface area contributed by atoms with Crippen molar-refractivity contribution < 1.29 is 14.7 Å². The van der Waals surface area contributed by atoms with Crippen LogP contribution in [0.25, 0.3) is 0 Å². The Labute approximate surface area is 100 Å². The van der Waals surface area contributed by atoms with E-state index in [1.807, 2.05) is 0 Å². The van der Waals surface area contributed by atoms with Gasteiger partial charge in [0, 0.05) is 10.6 Å². The van der Waals surface area contributed by atoms with E-state index in [1.54, 1.807) is 24.3 Å². The second-order valence-electron chi connectivity index (χ2n) is 2.94. The first-order valence-electron chi connectivity index (χ1n) is 4.16. The zero-order valence-electron chi connectivity index (χ0n) is 7.61. The molecule has 80 valence electrons. The Morgan fingerprint density at radius 1 is 1.33 bits per heavy atom. The molecular formula is C10H8BrClO3. The molecule has 3 nitrogen and oxygen atoms in total. The number of alkyl halides is 1. The summed E-state index contributed by atoms with van der Waals surface area (Å²) < 4.78 is 0. The van der Waals surface area contributed by atoms with Gasteiger partial charge < -0.3 is 5.11 Å². The van der Waals surface area contributed by atoms with Crippen LogP contribution in [0.5, 0.6) is 0 Å². The van der Waals surface area contributed by atoms with Crippen molar-refractivity contribution in [3.05, 3.63) is 34.9 Å². The molecule has 0 saturated heterocycles. The molecule has 1 rings (SSSR count). The van der Waals surface area contributed by atoms with E-state index in [0.717, 1.165) is 0 Å². The molecule has 15 heavy (non-hydrogen) atoms. The zero-order chi connectivity index (χ0) is 11.4. The molecule has 0 aromatic heterocycles. The number of hydrogen-bond acceptors (Lipinski definition) is 2. The zero-order valence-corrected chi connectivity index (χ0v) is 9.96. The molecule has 0 heterocycles. The predicted octanol–water partition coefficient (Wildman–Crippen LogP) is 2.76. The lowest BCUT2D eigenvalue weighted by Crippen LogP contribution is -2.17. The van der Waals surface area contributed by atoms with E-state index in [4.69, 9.17) is 16.7 Å². The summed E-state index contributed by atoms with van der Waals surface area (Å²) in [7, 11) is 0. The molecule has 0 aliphatic heterocycles. The minimum absolute atomic E-state index is 0.235. The van der Waals surface area contributed by atoms with Crippen molar-refractivity contribution in [3.8, 4) is 0 Å². The molecule has 0 fully saturated rings. The second-order valence-corrected chi connectivity index (χ2v) is 4.48. The molecule has 0 unspecified atom stereocenters. The van der Waals surface area contributed by atoms with Crippen LogP contribution in [0.3, 0.4) is 0 Å². The molecule has 0 bridgehead atoms. The standard InChI is InChI=1S/C10H8BrClO3/c11-8(5-9(13)14)10(15)6-1-3-7(12)4-2-6/h1-4,8H,5H2,(H,13,14)/t8-/m1/s1. The number of carboxylic acid groups (broad SMARTS) is 1. The number of carbonyl (C=O) groups excluding carboxylic acids is 1. The van der Waals surface area contributed by atoms with Gasteiger partial charge in [-0.2, -0.15) is 0 Å². The van der Waals surface area contributed by atoms with Crippen LogP contribution < -0.4 is 0 Å². The SMILES string of the molecule is O=C(O)C[C@@H](Br)C(=O)c1ccc(Cl)cc1. The maximum atomic E-state index is 11.6. The summed E-state index contributed by atoms with van der Waals surface area (Å²) >= 11 is 8.70. The van der Waals surface area contributed by atoms with Crippen molar-refractivity contribution >= 4 is 39.3 Å². The molecule has 1 atom stereocenters. The second kappa shape index (κ2) is 5.28. The van der Waals surface area contributed by atoms with Crippen LogP contribution in [0.1, 0.15) is 16.8 Å². The van der Waals surface area contributed by atoms with Crippen molar-refractivity contribution in [2.24, 2.45) is 0 Å². The third-order valence-electron chi connectivity index (χ3n) is 1.77. The van der Waals surface area contributed by atoms with E-state index in [1.165, 1.54) is 0 Å². The summed E-state index contributed by atoms with van der Waals surface area (Å²) in [5.74, 6) is -1.27. The van der Waals surface area contributed by atoms with Crippen molar-refractivity contribution in [1.82, 2.24) is 0 Å². The lowest BCUT2D eigenvalue weighted by Gasteiger charge is -2.05. The third kappa shape index (κ3) is 3.64. The molecule has 0 aliphatic rings. The lowest BCUT2D eigenvalue weighted by molar-refractivity contribution is -0.136. The highest BCUT2D eigenvalue weighted by molar-refractivity contribution is 9.10. The van der Waals surface area contributed by atoms with Crippen molar-refractivity contribution in [2.75, 3.05) is 0 Å². The van der Waals surface area contributed by atoms with Gasteiger partial charge in [0.2, 0.25) is 0 Å². The van der Waals surface area contributed by atoms with Crippen LogP contribution in [-0.4, -0.2) is 21.7 Å². The predicted molar refractivity (Wildman–Crippen MR) is 60.8 cm³/mol. The highest BCUT2D eigenvalue weighted by Gasteiger charge is 2.19. The van der Waals surface area contributed by atoms with Gasteiger partial charge in [0.15, 0.2) is 5.78 Å². The molecule has 0 spiro atoms. The molecule has 5 heteroatoms. The van der Waals surface area contributed by atoms with Crippen LogP contribution in [0.2, 0.25) is 5.02 Å². The van der Waals surface area contributed by atoms with Crippen LogP contribution in [-0.2, 0) is 4.79 Å².